The molecule has 1 aliphatic carbocycles. The van der Waals surface area contributed by atoms with E-state index in [1.54, 1.807) is 6.20 Å². The van der Waals surface area contributed by atoms with Crippen molar-refractivity contribution in [2.24, 2.45) is 12.8 Å². The lowest BCUT2D eigenvalue weighted by molar-refractivity contribution is 0.103. The molecule has 3 N–H and O–H groups in total. The Bertz CT molecular complexity index is 1190. The number of aromatic nitrogens is 4. The lowest BCUT2D eigenvalue weighted by Gasteiger charge is -2.21. The molecule has 0 aliphatic heterocycles. The second-order valence-corrected chi connectivity index (χ2v) is 10.0. The van der Waals surface area contributed by atoms with Crippen molar-refractivity contribution in [1.82, 2.24) is 29.3 Å². The van der Waals surface area contributed by atoms with Gasteiger partial charge in [0, 0.05) is 60.8 Å². The molecule has 2 aromatic heterocycles. The zero-order valence-corrected chi connectivity index (χ0v) is 22.5. The second kappa shape index (κ2) is 12.8. The van der Waals surface area contributed by atoms with E-state index in [2.05, 4.69) is 44.7 Å². The maximum Gasteiger partial charge on any atom is 0.191 e. The van der Waals surface area contributed by atoms with E-state index in [0.717, 1.165) is 72.8 Å². The molecular formula is C29H41N7O. The molecule has 8 heteroatoms. The van der Waals surface area contributed by atoms with Crippen molar-refractivity contribution in [3.05, 3.63) is 76.9 Å². The predicted molar refractivity (Wildman–Crippen MR) is 147 cm³/mol. The van der Waals surface area contributed by atoms with Crippen molar-refractivity contribution in [2.45, 2.75) is 65.6 Å². The zero-order chi connectivity index (χ0) is 26.2. The second-order valence-electron chi connectivity index (χ2n) is 10.0. The van der Waals surface area contributed by atoms with E-state index in [4.69, 9.17) is 5.73 Å². The highest BCUT2D eigenvalue weighted by atomic mass is 16.1. The molecule has 1 aliphatic rings. The third-order valence-electron chi connectivity index (χ3n) is 7.07. The van der Waals surface area contributed by atoms with Gasteiger partial charge >= 0.3 is 0 Å². The third kappa shape index (κ3) is 6.76. The van der Waals surface area contributed by atoms with Gasteiger partial charge in [0.25, 0.3) is 0 Å². The number of hydrogen-bond donors (Lipinski definition) is 2. The number of nitrogens with one attached hydrogen (secondary N) is 1. The number of benzene rings is 1. The van der Waals surface area contributed by atoms with E-state index in [1.165, 1.54) is 12.8 Å². The number of hydrogen-bond acceptors (Lipinski definition) is 6. The smallest absolute Gasteiger partial charge is 0.191 e. The molecule has 0 bridgehead atoms. The van der Waals surface area contributed by atoms with Gasteiger partial charge in [0.05, 0.1) is 13.1 Å². The van der Waals surface area contributed by atoms with Crippen LogP contribution >= 0.6 is 0 Å². The van der Waals surface area contributed by atoms with Crippen molar-refractivity contribution in [1.29, 1.82) is 0 Å². The molecule has 0 atom stereocenters. The van der Waals surface area contributed by atoms with Crippen LogP contribution in [0.1, 0.15) is 79.1 Å². The normalized spacial score (nSPS) is 13.4. The Kier molecular flexibility index (Phi) is 9.30. The van der Waals surface area contributed by atoms with Crippen molar-refractivity contribution in [3.8, 4) is 0 Å². The molecule has 1 aromatic carbocycles. The van der Waals surface area contributed by atoms with Crippen LogP contribution in [0.4, 0.5) is 0 Å². The Morgan fingerprint density at radius 3 is 2.43 bits per heavy atom. The third-order valence-corrected chi connectivity index (χ3v) is 7.07. The number of aryl methyl sites for hydroxylation is 1. The molecule has 0 amide bonds. The number of fused-ring (bicyclic) bond motifs is 1. The number of carbonyl (C=O) groups is 1. The van der Waals surface area contributed by atoms with E-state index >= 15 is 0 Å². The van der Waals surface area contributed by atoms with Crippen LogP contribution < -0.4 is 5.73 Å². The van der Waals surface area contributed by atoms with E-state index in [-0.39, 0.29) is 5.78 Å². The fourth-order valence-electron chi connectivity index (χ4n) is 5.18. The maximum absolute atomic E-state index is 13.2. The van der Waals surface area contributed by atoms with Gasteiger partial charge in [-0.2, -0.15) is 0 Å². The Labute approximate surface area is 220 Å². The molecule has 37 heavy (non-hydrogen) atoms. The number of unbranched alkanes of at least 4 members (excludes halogenated alkanes) is 1. The number of aromatic amines is 1. The number of nitrogens with zero attached hydrogens (tertiary/aromatic N) is 5. The van der Waals surface area contributed by atoms with Gasteiger partial charge in [-0.25, -0.2) is 9.97 Å². The van der Waals surface area contributed by atoms with E-state index in [0.29, 0.717) is 25.3 Å². The predicted octanol–water partition coefficient (Wildman–Crippen LogP) is 4.50. The van der Waals surface area contributed by atoms with Crippen molar-refractivity contribution in [3.63, 3.8) is 0 Å². The van der Waals surface area contributed by atoms with Gasteiger partial charge in [0.1, 0.15) is 11.6 Å². The summed E-state index contributed by atoms with van der Waals surface area (Å²) in [7, 11) is 2.01. The van der Waals surface area contributed by atoms with E-state index in [1.807, 2.05) is 42.3 Å². The minimum absolute atomic E-state index is 0.0958. The van der Waals surface area contributed by atoms with Crippen LogP contribution in [-0.4, -0.2) is 54.7 Å². The fraction of sp³-hybridized carbons (Fsp3) is 0.483. The zero-order valence-electron chi connectivity index (χ0n) is 22.5. The quantitative estimate of drug-likeness (QED) is 0.296. The molecule has 0 radical (unpaired) electrons. The molecule has 0 unspecified atom stereocenters. The molecule has 2 heterocycles. The number of nitrogens with two attached hydrogens (primary N) is 1. The van der Waals surface area contributed by atoms with Crippen molar-refractivity contribution in [2.75, 3.05) is 19.6 Å². The number of allylic oxidation sites excluding steroid dienone is 1. The SMILES string of the molecule is CCCN(CCC)CCCCC1=C(N)c2cc(CN(Cc3ncc[nH]3)Cc3nccn3C)ccc2C1=O. The van der Waals surface area contributed by atoms with Gasteiger partial charge in [-0.05, 0) is 63.4 Å². The highest BCUT2D eigenvalue weighted by molar-refractivity contribution is 6.20. The number of imidazole rings is 2. The Balaban J connectivity index is 1.43. The fourth-order valence-corrected chi connectivity index (χ4v) is 5.18. The molecular weight excluding hydrogens is 462 g/mol. The monoisotopic (exact) mass is 503 g/mol. The number of ketones is 1. The molecule has 4 rings (SSSR count). The van der Waals surface area contributed by atoms with Gasteiger partial charge in [-0.3, -0.25) is 9.69 Å². The number of Topliss-reactive ketones (excluding diaryl/α,β-unsaturated/α-hetero) is 1. The summed E-state index contributed by atoms with van der Waals surface area (Å²) in [5, 5.41) is 0. The molecule has 0 fully saturated rings. The van der Waals surface area contributed by atoms with Gasteiger partial charge in [-0.15, -0.1) is 0 Å². The van der Waals surface area contributed by atoms with Crippen LogP contribution in [0.2, 0.25) is 0 Å². The van der Waals surface area contributed by atoms with Crippen LogP contribution in [0, 0.1) is 0 Å². The summed E-state index contributed by atoms with van der Waals surface area (Å²) in [4.78, 5) is 30.1. The molecule has 0 spiro atoms. The Morgan fingerprint density at radius 2 is 1.76 bits per heavy atom. The summed E-state index contributed by atoms with van der Waals surface area (Å²) in [6, 6.07) is 6.09. The van der Waals surface area contributed by atoms with Crippen LogP contribution in [0.25, 0.3) is 5.70 Å². The van der Waals surface area contributed by atoms with Gasteiger partial charge < -0.3 is 20.2 Å². The number of H-pyrrole nitrogens is 1. The lowest BCUT2D eigenvalue weighted by atomic mass is 10.0. The Morgan fingerprint density at radius 1 is 0.946 bits per heavy atom. The van der Waals surface area contributed by atoms with Crippen molar-refractivity contribution < 1.29 is 4.79 Å². The number of carbonyl (C=O) groups excluding carboxylic acids is 1. The summed E-state index contributed by atoms with van der Waals surface area (Å²) in [5.74, 6) is 1.99. The molecule has 0 saturated carbocycles. The average Bonchev–Trinajstić information content (AvgIpc) is 3.59. The first-order chi connectivity index (χ1) is 18.0. The molecule has 0 saturated heterocycles. The standard InChI is InChI=1S/C29H41N7O/c1-4-14-35(15-5-2)16-7-6-8-24-28(30)25-18-22(9-10-23(25)29(24)37)19-36(20-26-31-11-12-32-26)21-27-33-13-17-34(27)3/h9-13,17-18H,4-8,14-16,19-21,30H2,1-3H3,(H,31,32). The van der Waals surface area contributed by atoms with Crippen molar-refractivity contribution >= 4 is 11.5 Å². The first-order valence-corrected chi connectivity index (χ1v) is 13.6. The lowest BCUT2D eigenvalue weighted by Crippen LogP contribution is -2.26. The first kappa shape index (κ1) is 26.8. The largest absolute Gasteiger partial charge is 0.398 e. The van der Waals surface area contributed by atoms with E-state index < -0.39 is 0 Å². The minimum atomic E-state index is 0.0958. The molecule has 3 aromatic rings. The van der Waals surface area contributed by atoms with Crippen LogP contribution in [-0.2, 0) is 26.7 Å². The van der Waals surface area contributed by atoms with Crippen LogP contribution in [0.3, 0.4) is 0 Å². The maximum atomic E-state index is 13.2. The Hall–Kier alpha value is -3.23. The highest BCUT2D eigenvalue weighted by Crippen LogP contribution is 2.33. The summed E-state index contributed by atoms with van der Waals surface area (Å²) in [6.45, 7) is 9.87. The van der Waals surface area contributed by atoms with Gasteiger partial charge in [-0.1, -0.05) is 26.0 Å². The summed E-state index contributed by atoms with van der Waals surface area (Å²) >= 11 is 0. The van der Waals surface area contributed by atoms with Crippen LogP contribution in [0.5, 0.6) is 0 Å². The average molecular weight is 504 g/mol. The van der Waals surface area contributed by atoms with E-state index in [9.17, 15) is 4.79 Å². The molecule has 198 valence electrons. The summed E-state index contributed by atoms with van der Waals surface area (Å²) in [5.41, 5.74) is 10.7. The number of rotatable bonds is 15. The first-order valence-electron chi connectivity index (χ1n) is 13.6. The van der Waals surface area contributed by atoms with Gasteiger partial charge in [0.15, 0.2) is 5.78 Å². The summed E-state index contributed by atoms with van der Waals surface area (Å²) in [6.07, 6.45) is 12.5. The summed E-state index contributed by atoms with van der Waals surface area (Å²) < 4.78 is 2.03. The topological polar surface area (TPSA) is 96.1 Å². The molecule has 8 nitrogen and oxygen atoms in total. The minimum Gasteiger partial charge on any atom is -0.398 e. The van der Waals surface area contributed by atoms with Gasteiger partial charge in [0.2, 0.25) is 0 Å². The highest BCUT2D eigenvalue weighted by Gasteiger charge is 2.28. The van der Waals surface area contributed by atoms with Crippen LogP contribution in [0.15, 0.2) is 48.6 Å².